The predicted octanol–water partition coefficient (Wildman–Crippen LogP) is 7.26. The Morgan fingerprint density at radius 1 is 0.333 bits per heavy atom. The maximum atomic E-state index is 13.0. The van der Waals surface area contributed by atoms with Crippen molar-refractivity contribution >= 4 is 6.16 Å². The van der Waals surface area contributed by atoms with E-state index < -0.39 is 66.3 Å². The quantitative estimate of drug-likeness (QED) is 0.218. The summed E-state index contributed by atoms with van der Waals surface area (Å²) in [4.78, 5) is 10.5. The zero-order valence-electron chi connectivity index (χ0n) is 15.0. The Kier molecular flexibility index (Phi) is 7.85. The standard InChI is InChI=1S/C11F22O3/c12-2(13,4(16,17)8(24,25)26)6(20,21)10(30,31)35-1(34)36-11(32,33)7(22,23)3(14,15)5(18,19)9(27,28)29. The first-order chi connectivity index (χ1) is 15.1. The molecule has 25 heteroatoms. The van der Waals surface area contributed by atoms with Gasteiger partial charge in [-0.05, 0) is 0 Å². The predicted molar refractivity (Wildman–Crippen MR) is 59.3 cm³/mol. The molecule has 0 aliphatic heterocycles. The van der Waals surface area contributed by atoms with Gasteiger partial charge in [0.2, 0.25) is 0 Å². The number of carbonyl (C=O) groups excluding carboxylic acids is 1. The lowest BCUT2D eigenvalue weighted by Gasteiger charge is -2.37. The van der Waals surface area contributed by atoms with Crippen molar-refractivity contribution in [1.29, 1.82) is 0 Å². The summed E-state index contributed by atoms with van der Waals surface area (Å²) in [7, 11) is 0. The third kappa shape index (κ3) is 4.71. The zero-order chi connectivity index (χ0) is 30.0. The van der Waals surface area contributed by atoms with Crippen LogP contribution in [0.4, 0.5) is 101 Å². The Morgan fingerprint density at radius 2 is 0.528 bits per heavy atom. The third-order valence-corrected chi connectivity index (χ3v) is 3.44. The van der Waals surface area contributed by atoms with Gasteiger partial charge in [-0.3, -0.25) is 0 Å². The van der Waals surface area contributed by atoms with Crippen LogP contribution in [0.2, 0.25) is 0 Å². The Labute approximate surface area is 178 Å². The molecule has 0 radical (unpaired) electrons. The van der Waals surface area contributed by atoms with Crippen molar-refractivity contribution < 1.29 is 111 Å². The van der Waals surface area contributed by atoms with Crippen LogP contribution in [0, 0.1) is 0 Å². The Hall–Kier alpha value is -2.27. The average molecular weight is 598 g/mol. The molecular formula is C11F22O3. The molecule has 0 bridgehead atoms. The molecule has 36 heavy (non-hydrogen) atoms. The first-order valence-electron chi connectivity index (χ1n) is 7.18. The van der Waals surface area contributed by atoms with Gasteiger partial charge in [0.25, 0.3) is 0 Å². The molecule has 0 saturated heterocycles. The van der Waals surface area contributed by atoms with E-state index in [1.165, 1.54) is 9.47 Å². The average Bonchev–Trinajstić information content (AvgIpc) is 2.57. The molecule has 0 unspecified atom stereocenters. The van der Waals surface area contributed by atoms with E-state index in [4.69, 9.17) is 0 Å². The topological polar surface area (TPSA) is 35.5 Å². The summed E-state index contributed by atoms with van der Waals surface area (Å²) in [5.74, 6) is -49.7. The van der Waals surface area contributed by atoms with Crippen LogP contribution in [0.15, 0.2) is 0 Å². The van der Waals surface area contributed by atoms with Crippen molar-refractivity contribution in [1.82, 2.24) is 0 Å². The minimum Gasteiger partial charge on any atom is -0.363 e. The maximum absolute atomic E-state index is 13.0. The van der Waals surface area contributed by atoms with Crippen molar-refractivity contribution in [2.45, 2.75) is 60.1 Å². The fourth-order valence-electron chi connectivity index (χ4n) is 1.47. The molecule has 0 aromatic heterocycles. The second-order valence-corrected chi connectivity index (χ2v) is 5.93. The molecule has 0 fully saturated rings. The van der Waals surface area contributed by atoms with Crippen LogP contribution in [-0.2, 0) is 9.47 Å². The molecule has 0 heterocycles. The highest BCUT2D eigenvalue weighted by Gasteiger charge is 2.90. The largest absolute Gasteiger partial charge is 0.518 e. The number of hydrogen-bond donors (Lipinski definition) is 0. The number of alkyl halides is 22. The maximum Gasteiger partial charge on any atom is 0.518 e. The van der Waals surface area contributed by atoms with Gasteiger partial charge >= 0.3 is 66.3 Å². The molecule has 0 saturated carbocycles. The van der Waals surface area contributed by atoms with Crippen LogP contribution in [0.3, 0.4) is 0 Å². The lowest BCUT2D eigenvalue weighted by Crippen LogP contribution is -2.68. The fourth-order valence-corrected chi connectivity index (χ4v) is 1.47. The van der Waals surface area contributed by atoms with Gasteiger partial charge in [-0.25, -0.2) is 4.79 Å². The van der Waals surface area contributed by atoms with Crippen LogP contribution in [0.5, 0.6) is 0 Å². The van der Waals surface area contributed by atoms with Gasteiger partial charge < -0.3 is 9.47 Å². The molecule has 216 valence electrons. The Balaban J connectivity index is 6.21. The highest BCUT2D eigenvalue weighted by Crippen LogP contribution is 2.59. The molecule has 0 N–H and O–H groups in total. The number of ether oxygens (including phenoxy) is 2. The monoisotopic (exact) mass is 598 g/mol. The summed E-state index contributed by atoms with van der Waals surface area (Å²) in [6, 6.07) is 0. The first-order valence-corrected chi connectivity index (χ1v) is 7.18. The highest BCUT2D eigenvalue weighted by atomic mass is 19.4. The van der Waals surface area contributed by atoms with Crippen molar-refractivity contribution in [3.63, 3.8) is 0 Å². The molecule has 0 atom stereocenters. The zero-order valence-corrected chi connectivity index (χ0v) is 15.0. The van der Waals surface area contributed by atoms with E-state index in [1.807, 2.05) is 0 Å². The van der Waals surface area contributed by atoms with E-state index in [-0.39, 0.29) is 0 Å². The molecule has 0 rings (SSSR count). The van der Waals surface area contributed by atoms with Crippen molar-refractivity contribution in [2.75, 3.05) is 0 Å². The minimum absolute atomic E-state index is 1.50. The molecule has 0 aromatic carbocycles. The van der Waals surface area contributed by atoms with Gasteiger partial charge in [0.1, 0.15) is 0 Å². The van der Waals surface area contributed by atoms with Gasteiger partial charge in [-0.2, -0.15) is 96.6 Å². The van der Waals surface area contributed by atoms with Gasteiger partial charge in [0.15, 0.2) is 0 Å². The number of hydrogen-bond acceptors (Lipinski definition) is 3. The van der Waals surface area contributed by atoms with Crippen LogP contribution in [-0.4, -0.2) is 66.3 Å². The Bertz CT molecular complexity index is 752. The highest BCUT2D eigenvalue weighted by molar-refractivity contribution is 5.61. The van der Waals surface area contributed by atoms with E-state index in [1.54, 1.807) is 0 Å². The number of halogens is 22. The van der Waals surface area contributed by atoms with Gasteiger partial charge in [0, 0.05) is 0 Å². The summed E-state index contributed by atoms with van der Waals surface area (Å²) in [5.41, 5.74) is 0. The Morgan fingerprint density at radius 3 is 0.694 bits per heavy atom. The molecule has 0 spiro atoms. The second kappa shape index (κ2) is 8.37. The molecular weight excluding hydrogens is 598 g/mol. The SMILES string of the molecule is O=C(OC(F)(F)C(F)(F)C(F)(F)C(F)(F)C(F)(F)F)OC(F)(F)C(F)(F)C(F)(F)C(F)(F)C(F)(F)F. The fraction of sp³-hybridized carbons (Fsp3) is 0.909. The van der Waals surface area contributed by atoms with Crippen molar-refractivity contribution in [3.8, 4) is 0 Å². The molecule has 3 nitrogen and oxygen atoms in total. The first kappa shape index (κ1) is 33.7. The van der Waals surface area contributed by atoms with Gasteiger partial charge in [0.05, 0.1) is 0 Å². The molecule has 0 aliphatic rings. The van der Waals surface area contributed by atoms with Crippen molar-refractivity contribution in [3.05, 3.63) is 0 Å². The lowest BCUT2D eigenvalue weighted by molar-refractivity contribution is -0.460. The summed E-state index contributed by atoms with van der Waals surface area (Å²) < 4.78 is 280. The molecule has 0 aromatic rings. The van der Waals surface area contributed by atoms with Crippen LogP contribution in [0.25, 0.3) is 0 Å². The smallest absolute Gasteiger partial charge is 0.363 e. The van der Waals surface area contributed by atoms with Crippen molar-refractivity contribution in [2.24, 2.45) is 0 Å². The summed E-state index contributed by atoms with van der Waals surface area (Å²) in [6.45, 7) is 0. The van der Waals surface area contributed by atoms with E-state index in [2.05, 4.69) is 0 Å². The summed E-state index contributed by atoms with van der Waals surface area (Å²) in [5, 5.41) is 0. The van der Waals surface area contributed by atoms with E-state index in [0.29, 0.717) is 0 Å². The van der Waals surface area contributed by atoms with Crippen LogP contribution < -0.4 is 0 Å². The minimum atomic E-state index is -8.38. The van der Waals surface area contributed by atoms with E-state index in [9.17, 15) is 101 Å². The molecule has 0 amide bonds. The van der Waals surface area contributed by atoms with E-state index >= 15 is 0 Å². The van der Waals surface area contributed by atoms with Gasteiger partial charge in [-0.1, -0.05) is 0 Å². The molecule has 0 aliphatic carbocycles. The van der Waals surface area contributed by atoms with Crippen LogP contribution >= 0.6 is 0 Å². The summed E-state index contributed by atoms with van der Waals surface area (Å²) >= 11 is 0. The van der Waals surface area contributed by atoms with Crippen LogP contribution in [0.1, 0.15) is 0 Å². The second-order valence-electron chi connectivity index (χ2n) is 5.93. The lowest BCUT2D eigenvalue weighted by atomic mass is 10.0. The summed E-state index contributed by atoms with van der Waals surface area (Å²) in [6.07, 6.45) is -36.2. The van der Waals surface area contributed by atoms with Gasteiger partial charge in [-0.15, -0.1) is 0 Å². The number of rotatable bonds is 8. The normalized spacial score (nSPS) is 16.2. The number of carbonyl (C=O) groups is 1. The third-order valence-electron chi connectivity index (χ3n) is 3.44. The van der Waals surface area contributed by atoms with E-state index in [0.717, 1.165) is 0 Å².